The average Bonchev–Trinajstić information content (AvgIpc) is 3.07. The molecule has 0 aliphatic carbocycles. The molecule has 0 unspecified atom stereocenters. The van der Waals surface area contributed by atoms with Crippen LogP contribution in [0, 0.1) is 12.7 Å². The molecule has 3 heterocycles. The van der Waals surface area contributed by atoms with Crippen LogP contribution in [0.1, 0.15) is 17.3 Å². The lowest BCUT2D eigenvalue weighted by Crippen LogP contribution is -2.23. The van der Waals surface area contributed by atoms with Crippen molar-refractivity contribution < 1.29 is 13.2 Å². The van der Waals surface area contributed by atoms with E-state index < -0.39 is 23.4 Å². The lowest BCUT2D eigenvalue weighted by Gasteiger charge is -2.16. The minimum atomic E-state index is -3.78. The number of benzene rings is 1. The highest BCUT2D eigenvalue weighted by atomic mass is 35.5. The summed E-state index contributed by atoms with van der Waals surface area (Å²) in [5.74, 6) is -5.96. The van der Waals surface area contributed by atoms with E-state index in [9.17, 15) is 13.2 Å². The third-order valence-electron chi connectivity index (χ3n) is 3.81. The van der Waals surface area contributed by atoms with Crippen LogP contribution in [0.15, 0.2) is 36.7 Å². The summed E-state index contributed by atoms with van der Waals surface area (Å²) in [5, 5.41) is 10.2. The van der Waals surface area contributed by atoms with E-state index in [4.69, 9.17) is 11.6 Å². The number of aromatic amines is 1. The maximum absolute atomic E-state index is 14.9. The third kappa shape index (κ3) is 3.22. The number of halogens is 4. The van der Waals surface area contributed by atoms with Crippen LogP contribution in [0.5, 0.6) is 0 Å². The van der Waals surface area contributed by atoms with Crippen molar-refractivity contribution in [3.8, 4) is 0 Å². The molecule has 4 aromatic rings. The van der Waals surface area contributed by atoms with Gasteiger partial charge in [0.2, 0.25) is 11.6 Å². The van der Waals surface area contributed by atoms with Crippen LogP contribution in [0.4, 0.5) is 24.8 Å². The zero-order chi connectivity index (χ0) is 19.9. The smallest absolute Gasteiger partial charge is 0.323 e. The van der Waals surface area contributed by atoms with Crippen LogP contribution >= 0.6 is 11.6 Å². The molecule has 0 radical (unpaired) electrons. The molecular weight excluding hydrogens is 395 g/mol. The minimum Gasteiger partial charge on any atom is -0.323 e. The number of nitrogens with zero attached hydrogens (tertiary/aromatic N) is 5. The predicted octanol–water partition coefficient (Wildman–Crippen LogP) is 4.13. The Morgan fingerprint density at radius 3 is 2.54 bits per heavy atom. The van der Waals surface area contributed by atoms with Gasteiger partial charge < -0.3 is 5.32 Å². The van der Waals surface area contributed by atoms with Crippen molar-refractivity contribution in [2.45, 2.75) is 12.8 Å². The number of H-pyrrole nitrogens is 1. The zero-order valence-corrected chi connectivity index (χ0v) is 15.0. The second-order valence-electron chi connectivity index (χ2n) is 5.89. The molecule has 0 saturated carbocycles. The summed E-state index contributed by atoms with van der Waals surface area (Å²) in [4.78, 5) is 14.6. The molecule has 0 aliphatic heterocycles. The van der Waals surface area contributed by atoms with Gasteiger partial charge in [-0.25, -0.2) is 24.3 Å². The Balaban J connectivity index is 1.89. The Kier molecular flexibility index (Phi) is 4.34. The van der Waals surface area contributed by atoms with Gasteiger partial charge in [-0.05, 0) is 19.1 Å². The van der Waals surface area contributed by atoms with E-state index in [0.29, 0.717) is 23.6 Å². The van der Waals surface area contributed by atoms with Crippen molar-refractivity contribution in [1.82, 2.24) is 30.1 Å². The second-order valence-corrected chi connectivity index (χ2v) is 6.30. The van der Waals surface area contributed by atoms with E-state index in [1.165, 1.54) is 6.07 Å². The van der Waals surface area contributed by atoms with E-state index >= 15 is 0 Å². The number of rotatable bonds is 4. The summed E-state index contributed by atoms with van der Waals surface area (Å²) in [6.07, 6.45) is 1.30. The van der Waals surface area contributed by atoms with E-state index in [0.717, 1.165) is 5.69 Å². The zero-order valence-electron chi connectivity index (χ0n) is 14.2. The molecular formula is C17H11ClF3N7. The third-order valence-corrected chi connectivity index (χ3v) is 4.12. The molecule has 0 atom stereocenters. The number of hydrogen-bond acceptors (Lipinski definition) is 6. The van der Waals surface area contributed by atoms with Gasteiger partial charge >= 0.3 is 5.92 Å². The van der Waals surface area contributed by atoms with Crippen LogP contribution in [0.2, 0.25) is 5.02 Å². The maximum Gasteiger partial charge on any atom is 0.365 e. The fourth-order valence-corrected chi connectivity index (χ4v) is 2.75. The number of para-hydroxylation sites is 1. The molecule has 4 rings (SSSR count). The van der Waals surface area contributed by atoms with Gasteiger partial charge in [-0.15, -0.1) is 0 Å². The number of nitrogens with one attached hydrogen (secondary N) is 2. The van der Waals surface area contributed by atoms with Crippen molar-refractivity contribution in [3.63, 3.8) is 0 Å². The first-order valence-electron chi connectivity index (χ1n) is 7.96. The summed E-state index contributed by atoms with van der Waals surface area (Å²) in [6, 6.07) is 6.49. The summed E-state index contributed by atoms with van der Waals surface area (Å²) in [6.45, 7) is 1.79. The maximum atomic E-state index is 14.9. The van der Waals surface area contributed by atoms with Gasteiger partial charge in [-0.2, -0.15) is 13.9 Å². The van der Waals surface area contributed by atoms with Crippen LogP contribution < -0.4 is 5.32 Å². The summed E-state index contributed by atoms with van der Waals surface area (Å²) >= 11 is 6.16. The van der Waals surface area contributed by atoms with Crippen molar-refractivity contribution in [1.29, 1.82) is 0 Å². The molecule has 28 heavy (non-hydrogen) atoms. The van der Waals surface area contributed by atoms with Crippen molar-refractivity contribution in [2.24, 2.45) is 0 Å². The molecule has 7 nitrogen and oxygen atoms in total. The van der Waals surface area contributed by atoms with Crippen molar-refractivity contribution in [2.75, 3.05) is 5.32 Å². The van der Waals surface area contributed by atoms with Crippen LogP contribution in [0.25, 0.3) is 10.9 Å². The van der Waals surface area contributed by atoms with E-state index in [-0.39, 0.29) is 16.4 Å². The Morgan fingerprint density at radius 2 is 1.86 bits per heavy atom. The largest absolute Gasteiger partial charge is 0.365 e. The van der Waals surface area contributed by atoms with E-state index in [1.54, 1.807) is 25.1 Å². The SMILES string of the molecule is Cc1cc(Nc2nc(C(F)(F)c3ncc(F)cn3)nc3c(Cl)cccc23)n[nH]1. The van der Waals surface area contributed by atoms with Gasteiger partial charge in [0.1, 0.15) is 5.82 Å². The fraction of sp³-hybridized carbons (Fsp3) is 0.118. The van der Waals surface area contributed by atoms with E-state index in [2.05, 4.69) is 35.5 Å². The molecule has 0 spiro atoms. The van der Waals surface area contributed by atoms with Gasteiger partial charge in [0.15, 0.2) is 11.6 Å². The number of aromatic nitrogens is 6. The van der Waals surface area contributed by atoms with Gasteiger partial charge in [-0.3, -0.25) is 5.10 Å². The summed E-state index contributed by atoms with van der Waals surface area (Å²) in [7, 11) is 0. The first-order chi connectivity index (χ1) is 13.3. The van der Waals surface area contributed by atoms with Gasteiger partial charge in [0.05, 0.1) is 22.9 Å². The lowest BCUT2D eigenvalue weighted by atomic mass is 10.2. The van der Waals surface area contributed by atoms with Crippen molar-refractivity contribution >= 4 is 34.1 Å². The Labute approximate surface area is 161 Å². The van der Waals surface area contributed by atoms with Gasteiger partial charge in [0, 0.05) is 17.1 Å². The Hall–Kier alpha value is -3.27. The first-order valence-corrected chi connectivity index (χ1v) is 8.34. The van der Waals surface area contributed by atoms with Gasteiger partial charge in [-0.1, -0.05) is 17.7 Å². The minimum absolute atomic E-state index is 0.0794. The highest BCUT2D eigenvalue weighted by Crippen LogP contribution is 2.35. The molecule has 0 fully saturated rings. The first kappa shape index (κ1) is 18.1. The molecule has 142 valence electrons. The highest BCUT2D eigenvalue weighted by molar-refractivity contribution is 6.35. The summed E-state index contributed by atoms with van der Waals surface area (Å²) < 4.78 is 42.9. The number of aryl methyl sites for hydroxylation is 1. The van der Waals surface area contributed by atoms with E-state index in [1.807, 2.05) is 0 Å². The highest BCUT2D eigenvalue weighted by Gasteiger charge is 2.41. The molecule has 11 heteroatoms. The number of anilines is 2. The van der Waals surface area contributed by atoms with Crippen molar-refractivity contribution in [3.05, 3.63) is 64.8 Å². The molecule has 1 aromatic carbocycles. The quantitative estimate of drug-likeness (QED) is 0.530. The lowest BCUT2D eigenvalue weighted by molar-refractivity contribution is 0.0233. The standard InChI is InChI=1S/C17H11ClF3N7/c1-8-5-12(28-27-8)24-14-10-3-2-4-11(18)13(10)25-16(26-14)17(20,21)15-22-6-9(19)7-23-15/h2-7H,1H3,(H2,24,25,26,27,28). The topological polar surface area (TPSA) is 92.3 Å². The fourth-order valence-electron chi connectivity index (χ4n) is 2.53. The molecule has 2 N–H and O–H groups in total. The number of alkyl halides is 2. The molecule has 3 aromatic heterocycles. The Bertz CT molecular complexity index is 1160. The normalized spacial score (nSPS) is 11.8. The van der Waals surface area contributed by atoms with Gasteiger partial charge in [0.25, 0.3) is 0 Å². The average molecular weight is 406 g/mol. The molecule has 0 saturated heterocycles. The number of fused-ring (bicyclic) bond motifs is 1. The van der Waals surface area contributed by atoms with Crippen LogP contribution in [-0.4, -0.2) is 30.1 Å². The second kappa shape index (κ2) is 6.71. The monoisotopic (exact) mass is 405 g/mol. The predicted molar refractivity (Wildman–Crippen MR) is 96.1 cm³/mol. The van der Waals surface area contributed by atoms with Crippen LogP contribution in [-0.2, 0) is 5.92 Å². The molecule has 0 amide bonds. The Morgan fingerprint density at radius 1 is 1.11 bits per heavy atom. The number of hydrogen-bond donors (Lipinski definition) is 2. The molecule has 0 bridgehead atoms. The molecule has 0 aliphatic rings. The summed E-state index contributed by atoms with van der Waals surface area (Å²) in [5.41, 5.74) is 0.884. The van der Waals surface area contributed by atoms with Crippen LogP contribution in [0.3, 0.4) is 0 Å².